The molecule has 5 heteroatoms. The second-order valence-corrected chi connectivity index (χ2v) is 14.5. The quantitative estimate of drug-likeness (QED) is 0.187. The molecular weight excluding hydrogens is 641 g/mol. The molecule has 7 aromatic carbocycles. The molecule has 236 valence electrons. The molecule has 0 N–H and O–H groups in total. The summed E-state index contributed by atoms with van der Waals surface area (Å²) in [6, 6.07) is 56.5. The third-order valence-electron chi connectivity index (χ3n) is 10.6. The molecule has 4 nitrogen and oxygen atoms in total. The summed E-state index contributed by atoms with van der Waals surface area (Å²) in [5.41, 5.74) is 11.3. The molecule has 0 aliphatic rings. The normalized spacial score (nSPS) is 12.3. The molecule has 0 aliphatic heterocycles. The number of nitrogens with zero attached hydrogens (tertiary/aromatic N) is 4. The monoisotopic (exact) mass is 666 g/mol. The topological polar surface area (TPSA) is 35.1 Å². The zero-order valence-electron chi connectivity index (χ0n) is 27.2. The van der Waals surface area contributed by atoms with Crippen LogP contribution in [0, 0.1) is 0 Å². The van der Waals surface area contributed by atoms with Crippen LogP contribution in [-0.4, -0.2) is 18.9 Å². The maximum absolute atomic E-state index is 5.41. The van der Waals surface area contributed by atoms with E-state index in [1.807, 2.05) is 11.3 Å². The SMILES string of the molecule is c1ccc(-c2cccc(-c3nc(-c4ccccc4)cc(-n4c5ccc6sc7ccc8c9ccccc9n9c%10cccc4c%10c5c6c7c89)n3)c2)cc1. The molecule has 0 fully saturated rings. The lowest BCUT2D eigenvalue weighted by Gasteiger charge is -2.13. The van der Waals surface area contributed by atoms with E-state index in [9.17, 15) is 0 Å². The maximum atomic E-state index is 5.41. The summed E-state index contributed by atoms with van der Waals surface area (Å²) in [5, 5.41) is 7.81. The maximum Gasteiger partial charge on any atom is 0.162 e. The third-order valence-corrected chi connectivity index (χ3v) is 11.8. The minimum Gasteiger partial charge on any atom is -0.308 e. The van der Waals surface area contributed by atoms with Crippen LogP contribution in [0.25, 0.3) is 109 Å². The molecule has 0 saturated carbocycles. The van der Waals surface area contributed by atoms with E-state index in [2.05, 4.69) is 167 Å². The van der Waals surface area contributed by atoms with Crippen LogP contribution in [0.3, 0.4) is 0 Å². The highest BCUT2D eigenvalue weighted by molar-refractivity contribution is 7.26. The minimum atomic E-state index is 0.699. The predicted octanol–water partition coefficient (Wildman–Crippen LogP) is 12.4. The van der Waals surface area contributed by atoms with Gasteiger partial charge in [-0.2, -0.15) is 0 Å². The molecule has 0 atom stereocenters. The zero-order chi connectivity index (χ0) is 33.2. The Bertz CT molecular complexity index is 3300. The number of para-hydroxylation sites is 1. The summed E-state index contributed by atoms with van der Waals surface area (Å²) in [5.74, 6) is 1.55. The van der Waals surface area contributed by atoms with E-state index in [0.29, 0.717) is 5.82 Å². The van der Waals surface area contributed by atoms with Gasteiger partial charge in [-0.1, -0.05) is 109 Å². The van der Waals surface area contributed by atoms with E-state index in [-0.39, 0.29) is 0 Å². The van der Waals surface area contributed by atoms with E-state index in [1.54, 1.807) is 0 Å². The van der Waals surface area contributed by atoms with Crippen LogP contribution in [0.15, 0.2) is 158 Å². The summed E-state index contributed by atoms with van der Waals surface area (Å²) < 4.78 is 7.51. The van der Waals surface area contributed by atoms with Gasteiger partial charge in [0.1, 0.15) is 5.82 Å². The second-order valence-electron chi connectivity index (χ2n) is 13.4. The Labute approximate surface area is 295 Å². The first-order valence-corrected chi connectivity index (χ1v) is 18.1. The van der Waals surface area contributed by atoms with Gasteiger partial charge in [0.05, 0.1) is 33.3 Å². The standard InChI is InChI=1S/C46H26N4S/c1-3-11-27(12-4-1)29-15-9-16-30(25-29)46-47-33(28-13-5-2-6-14-28)26-40(48-46)49-35-19-10-20-36-41(35)42-37(49)22-24-38-43(42)44-39(51-38)23-21-32-31-17-7-8-18-34(31)50(36)45(32)44/h1-26H. The van der Waals surface area contributed by atoms with Crippen molar-refractivity contribution >= 4 is 80.6 Å². The lowest BCUT2D eigenvalue weighted by Crippen LogP contribution is -2.02. The number of fused-ring (bicyclic) bond motifs is 4. The molecule has 5 aromatic heterocycles. The van der Waals surface area contributed by atoms with Crippen molar-refractivity contribution in [2.75, 3.05) is 0 Å². The lowest BCUT2D eigenvalue weighted by molar-refractivity contribution is 1.05. The third kappa shape index (κ3) is 3.68. The van der Waals surface area contributed by atoms with Crippen molar-refractivity contribution in [2.45, 2.75) is 0 Å². The fourth-order valence-corrected chi connectivity index (χ4v) is 9.63. The molecule has 5 heterocycles. The van der Waals surface area contributed by atoms with E-state index >= 15 is 0 Å². The number of hydrogen-bond donors (Lipinski definition) is 0. The fourth-order valence-electron chi connectivity index (χ4n) is 8.52. The zero-order valence-corrected chi connectivity index (χ0v) is 28.0. The van der Waals surface area contributed by atoms with Gasteiger partial charge in [0.2, 0.25) is 0 Å². The summed E-state index contributed by atoms with van der Waals surface area (Å²) in [7, 11) is 0. The van der Waals surface area contributed by atoms with Crippen molar-refractivity contribution < 1.29 is 0 Å². The molecule has 0 aliphatic carbocycles. The van der Waals surface area contributed by atoms with Gasteiger partial charge in [0.15, 0.2) is 5.82 Å². The minimum absolute atomic E-state index is 0.699. The number of hydrogen-bond acceptors (Lipinski definition) is 3. The van der Waals surface area contributed by atoms with Crippen LogP contribution in [0.4, 0.5) is 0 Å². The number of rotatable bonds is 4. The van der Waals surface area contributed by atoms with Crippen molar-refractivity contribution in [3.05, 3.63) is 158 Å². The van der Waals surface area contributed by atoms with E-state index in [0.717, 1.165) is 39.2 Å². The summed E-state index contributed by atoms with van der Waals surface area (Å²) >= 11 is 1.89. The van der Waals surface area contributed by atoms with Crippen LogP contribution < -0.4 is 0 Å². The average molecular weight is 667 g/mol. The Morgan fingerprint density at radius 1 is 0.412 bits per heavy atom. The molecule has 0 amide bonds. The van der Waals surface area contributed by atoms with Gasteiger partial charge in [-0.25, -0.2) is 9.97 Å². The molecule has 0 spiro atoms. The molecular formula is C46H26N4S. The van der Waals surface area contributed by atoms with Gasteiger partial charge >= 0.3 is 0 Å². The summed E-state index contributed by atoms with van der Waals surface area (Å²) in [4.78, 5) is 10.6. The Kier molecular flexibility index (Phi) is 5.35. The number of benzene rings is 7. The van der Waals surface area contributed by atoms with Crippen LogP contribution in [0.1, 0.15) is 0 Å². The van der Waals surface area contributed by atoms with Crippen molar-refractivity contribution in [3.8, 4) is 39.6 Å². The molecule has 12 aromatic rings. The smallest absolute Gasteiger partial charge is 0.162 e. The molecule has 51 heavy (non-hydrogen) atoms. The van der Waals surface area contributed by atoms with Crippen molar-refractivity contribution in [2.24, 2.45) is 0 Å². The van der Waals surface area contributed by atoms with Gasteiger partial charge in [0, 0.05) is 58.9 Å². The second kappa shape index (κ2) is 10.0. The predicted molar refractivity (Wildman–Crippen MR) is 214 cm³/mol. The Balaban J connectivity index is 1.22. The van der Waals surface area contributed by atoms with Gasteiger partial charge in [-0.15, -0.1) is 11.3 Å². The first kappa shape index (κ1) is 27.3. The van der Waals surface area contributed by atoms with Crippen molar-refractivity contribution in [1.82, 2.24) is 18.9 Å². The van der Waals surface area contributed by atoms with Crippen LogP contribution >= 0.6 is 11.3 Å². The van der Waals surface area contributed by atoms with Gasteiger partial charge < -0.3 is 4.40 Å². The Morgan fingerprint density at radius 2 is 1.08 bits per heavy atom. The fraction of sp³-hybridized carbons (Fsp3) is 0. The van der Waals surface area contributed by atoms with Gasteiger partial charge in [-0.05, 0) is 53.6 Å². The van der Waals surface area contributed by atoms with E-state index in [1.165, 1.54) is 63.8 Å². The molecule has 0 saturated heterocycles. The van der Waals surface area contributed by atoms with E-state index < -0.39 is 0 Å². The molecule has 0 radical (unpaired) electrons. The van der Waals surface area contributed by atoms with Crippen LogP contribution in [0.2, 0.25) is 0 Å². The van der Waals surface area contributed by atoms with Gasteiger partial charge in [-0.3, -0.25) is 4.57 Å². The average Bonchev–Trinajstić information content (AvgIpc) is 3.83. The highest BCUT2D eigenvalue weighted by Gasteiger charge is 2.26. The van der Waals surface area contributed by atoms with Crippen molar-refractivity contribution in [1.29, 1.82) is 0 Å². The van der Waals surface area contributed by atoms with Crippen molar-refractivity contribution in [3.63, 3.8) is 0 Å². The largest absolute Gasteiger partial charge is 0.308 e. The summed E-state index contributed by atoms with van der Waals surface area (Å²) in [6.45, 7) is 0. The Morgan fingerprint density at radius 3 is 1.96 bits per heavy atom. The number of thiophene rings is 1. The first-order chi connectivity index (χ1) is 25.3. The lowest BCUT2D eigenvalue weighted by atomic mass is 10.0. The highest BCUT2D eigenvalue weighted by atomic mass is 32.1. The Hall–Kier alpha value is -6.56. The first-order valence-electron chi connectivity index (χ1n) is 17.3. The molecule has 0 bridgehead atoms. The van der Waals surface area contributed by atoms with Crippen LogP contribution in [0.5, 0.6) is 0 Å². The summed E-state index contributed by atoms with van der Waals surface area (Å²) in [6.07, 6.45) is 0. The molecule has 12 rings (SSSR count). The molecule has 0 unspecified atom stereocenters. The van der Waals surface area contributed by atoms with Crippen LogP contribution in [-0.2, 0) is 0 Å². The highest BCUT2D eigenvalue weighted by Crippen LogP contribution is 2.50. The van der Waals surface area contributed by atoms with E-state index in [4.69, 9.17) is 9.97 Å². The van der Waals surface area contributed by atoms with Gasteiger partial charge in [0.25, 0.3) is 0 Å². The number of aromatic nitrogens is 4.